The highest BCUT2D eigenvalue weighted by Crippen LogP contribution is 2.35. The molecule has 0 fully saturated rings. The molecule has 0 saturated heterocycles. The first kappa shape index (κ1) is 10.1. The quantitative estimate of drug-likeness (QED) is 0.612. The first-order valence-corrected chi connectivity index (χ1v) is 4.29. The molecule has 0 amide bonds. The molecule has 0 bridgehead atoms. The van der Waals surface area contributed by atoms with E-state index < -0.39 is 5.41 Å². The number of carbonyl (C=O) groups is 2. The van der Waals surface area contributed by atoms with Gasteiger partial charge in [0.05, 0.1) is 13.0 Å². The summed E-state index contributed by atoms with van der Waals surface area (Å²) in [7, 11) is 0. The zero-order chi connectivity index (χ0) is 10.2. The van der Waals surface area contributed by atoms with Crippen molar-refractivity contribution in [3.05, 3.63) is 11.1 Å². The largest absolute Gasteiger partial charge is 0.392 e. The molecule has 0 saturated carbocycles. The molecule has 1 rings (SSSR count). The van der Waals surface area contributed by atoms with Crippen LogP contribution in [0.4, 0.5) is 0 Å². The minimum atomic E-state index is -0.674. The molecule has 0 aliphatic heterocycles. The summed E-state index contributed by atoms with van der Waals surface area (Å²) in [4.78, 5) is 22.7. The Hall–Kier alpha value is -0.960. The van der Waals surface area contributed by atoms with Crippen molar-refractivity contribution in [2.24, 2.45) is 5.41 Å². The van der Waals surface area contributed by atoms with E-state index in [0.29, 0.717) is 11.1 Å². The Morgan fingerprint density at radius 1 is 1.38 bits per heavy atom. The molecular weight excluding hydrogens is 168 g/mol. The van der Waals surface area contributed by atoms with Crippen LogP contribution in [0, 0.1) is 5.41 Å². The second-order valence-corrected chi connectivity index (χ2v) is 3.91. The van der Waals surface area contributed by atoms with Crippen molar-refractivity contribution < 1.29 is 14.7 Å². The van der Waals surface area contributed by atoms with Crippen LogP contribution in [0.15, 0.2) is 11.1 Å². The van der Waals surface area contributed by atoms with Gasteiger partial charge in [0.15, 0.2) is 5.78 Å². The average molecular weight is 182 g/mol. The average Bonchev–Trinajstić information content (AvgIpc) is 2.02. The van der Waals surface area contributed by atoms with Gasteiger partial charge in [-0.15, -0.1) is 0 Å². The van der Waals surface area contributed by atoms with Gasteiger partial charge in [-0.2, -0.15) is 0 Å². The van der Waals surface area contributed by atoms with Crippen molar-refractivity contribution in [2.75, 3.05) is 6.61 Å². The first-order valence-electron chi connectivity index (χ1n) is 4.29. The number of aliphatic hydroxyl groups is 1. The molecule has 0 aromatic carbocycles. The van der Waals surface area contributed by atoms with Gasteiger partial charge in [-0.3, -0.25) is 9.59 Å². The molecule has 0 spiro atoms. The van der Waals surface area contributed by atoms with Crippen LogP contribution < -0.4 is 0 Å². The molecule has 0 unspecified atom stereocenters. The fraction of sp³-hybridized carbons (Fsp3) is 0.600. The third-order valence-electron chi connectivity index (χ3n) is 2.80. The first-order chi connectivity index (χ1) is 5.91. The standard InChI is InChI=1S/C10H14O3/c1-6-7(5-11)10(2,3)9(13)4-8(6)12/h11H,4-5H2,1-3H3. The van der Waals surface area contributed by atoms with Gasteiger partial charge in [0.1, 0.15) is 5.78 Å². The Morgan fingerprint density at radius 2 is 1.92 bits per heavy atom. The Balaban J connectivity index is 3.26. The van der Waals surface area contributed by atoms with E-state index in [0.717, 1.165) is 0 Å². The van der Waals surface area contributed by atoms with Crippen LogP contribution >= 0.6 is 0 Å². The van der Waals surface area contributed by atoms with Crippen molar-refractivity contribution in [3.8, 4) is 0 Å². The monoisotopic (exact) mass is 182 g/mol. The predicted octanol–water partition coefficient (Wildman–Crippen LogP) is 0.863. The van der Waals surface area contributed by atoms with Crippen molar-refractivity contribution in [2.45, 2.75) is 27.2 Å². The zero-order valence-corrected chi connectivity index (χ0v) is 8.18. The second kappa shape index (κ2) is 3.07. The Bertz CT molecular complexity index is 297. The third kappa shape index (κ3) is 1.44. The van der Waals surface area contributed by atoms with Gasteiger partial charge in [-0.25, -0.2) is 0 Å². The summed E-state index contributed by atoms with van der Waals surface area (Å²) < 4.78 is 0. The third-order valence-corrected chi connectivity index (χ3v) is 2.80. The summed E-state index contributed by atoms with van der Waals surface area (Å²) in [6.07, 6.45) is -0.0255. The van der Waals surface area contributed by atoms with Crippen LogP contribution in [-0.2, 0) is 9.59 Å². The molecule has 0 heterocycles. The molecule has 3 heteroatoms. The molecule has 0 atom stereocenters. The van der Waals surface area contributed by atoms with Gasteiger partial charge >= 0.3 is 0 Å². The van der Waals surface area contributed by atoms with E-state index in [1.165, 1.54) is 0 Å². The van der Waals surface area contributed by atoms with Gasteiger partial charge in [0, 0.05) is 5.41 Å². The lowest BCUT2D eigenvalue weighted by atomic mass is 9.71. The van der Waals surface area contributed by atoms with E-state index in [4.69, 9.17) is 5.11 Å². The SMILES string of the molecule is CC1=C(CO)C(C)(C)C(=O)CC1=O. The predicted molar refractivity (Wildman–Crippen MR) is 48.2 cm³/mol. The number of aliphatic hydroxyl groups excluding tert-OH is 1. The van der Waals surface area contributed by atoms with Crippen LogP contribution in [0.1, 0.15) is 27.2 Å². The summed E-state index contributed by atoms with van der Waals surface area (Å²) in [5.41, 5.74) is 0.438. The molecule has 1 aliphatic carbocycles. The number of rotatable bonds is 1. The summed E-state index contributed by atoms with van der Waals surface area (Å²) in [6, 6.07) is 0. The number of carbonyl (C=O) groups excluding carboxylic acids is 2. The van der Waals surface area contributed by atoms with E-state index in [1.807, 2.05) is 0 Å². The summed E-state index contributed by atoms with van der Waals surface area (Å²) >= 11 is 0. The molecule has 1 N–H and O–H groups in total. The summed E-state index contributed by atoms with van der Waals surface area (Å²) in [6.45, 7) is 4.95. The van der Waals surface area contributed by atoms with Crippen LogP contribution in [0.5, 0.6) is 0 Å². The van der Waals surface area contributed by atoms with Crippen molar-refractivity contribution in [1.29, 1.82) is 0 Å². The Labute approximate surface area is 77.4 Å². The van der Waals surface area contributed by atoms with Crippen LogP contribution in [0.25, 0.3) is 0 Å². The van der Waals surface area contributed by atoms with E-state index in [1.54, 1.807) is 20.8 Å². The van der Waals surface area contributed by atoms with Gasteiger partial charge in [0.2, 0.25) is 0 Å². The summed E-state index contributed by atoms with van der Waals surface area (Å²) in [5.74, 6) is -0.263. The lowest BCUT2D eigenvalue weighted by molar-refractivity contribution is -0.131. The van der Waals surface area contributed by atoms with Crippen molar-refractivity contribution in [1.82, 2.24) is 0 Å². The van der Waals surface area contributed by atoms with E-state index in [9.17, 15) is 9.59 Å². The number of allylic oxidation sites excluding steroid dienone is 1. The Morgan fingerprint density at radius 3 is 2.38 bits per heavy atom. The van der Waals surface area contributed by atoms with Crippen LogP contribution in [0.3, 0.4) is 0 Å². The number of hydrogen-bond acceptors (Lipinski definition) is 3. The van der Waals surface area contributed by atoms with Gasteiger partial charge in [-0.1, -0.05) is 0 Å². The fourth-order valence-corrected chi connectivity index (χ4v) is 1.62. The molecular formula is C10H14O3. The maximum Gasteiger partial charge on any atom is 0.166 e. The van der Waals surface area contributed by atoms with Crippen LogP contribution in [-0.4, -0.2) is 23.3 Å². The molecule has 0 radical (unpaired) electrons. The normalized spacial score (nSPS) is 22.5. The van der Waals surface area contributed by atoms with E-state index in [-0.39, 0.29) is 24.6 Å². The van der Waals surface area contributed by atoms with Gasteiger partial charge in [0.25, 0.3) is 0 Å². The molecule has 0 aromatic heterocycles. The maximum absolute atomic E-state index is 11.5. The number of ketones is 2. The topological polar surface area (TPSA) is 54.4 Å². The van der Waals surface area contributed by atoms with Gasteiger partial charge < -0.3 is 5.11 Å². The molecule has 3 nitrogen and oxygen atoms in total. The lowest BCUT2D eigenvalue weighted by Crippen LogP contribution is -2.36. The van der Waals surface area contributed by atoms with Crippen LogP contribution in [0.2, 0.25) is 0 Å². The van der Waals surface area contributed by atoms with Crippen molar-refractivity contribution >= 4 is 11.6 Å². The highest BCUT2D eigenvalue weighted by atomic mass is 16.3. The second-order valence-electron chi connectivity index (χ2n) is 3.91. The summed E-state index contributed by atoms with van der Waals surface area (Å²) in [5, 5.41) is 9.07. The van der Waals surface area contributed by atoms with Crippen molar-refractivity contribution in [3.63, 3.8) is 0 Å². The van der Waals surface area contributed by atoms with Gasteiger partial charge in [-0.05, 0) is 31.9 Å². The highest BCUT2D eigenvalue weighted by Gasteiger charge is 2.38. The smallest absolute Gasteiger partial charge is 0.166 e. The number of hydrogen-bond donors (Lipinski definition) is 1. The minimum Gasteiger partial charge on any atom is -0.392 e. The fourth-order valence-electron chi connectivity index (χ4n) is 1.62. The molecule has 1 aliphatic rings. The molecule has 72 valence electrons. The molecule has 13 heavy (non-hydrogen) atoms. The molecule has 0 aromatic rings. The minimum absolute atomic E-state index is 0.0255. The zero-order valence-electron chi connectivity index (χ0n) is 8.18. The highest BCUT2D eigenvalue weighted by molar-refractivity contribution is 6.13. The Kier molecular flexibility index (Phi) is 2.39. The lowest BCUT2D eigenvalue weighted by Gasteiger charge is -2.30. The van der Waals surface area contributed by atoms with E-state index >= 15 is 0 Å². The number of Topliss-reactive ketones (excluding diaryl/α,β-unsaturated/α-hetero) is 2. The maximum atomic E-state index is 11.5. The van der Waals surface area contributed by atoms with E-state index in [2.05, 4.69) is 0 Å².